The second-order valence-corrected chi connectivity index (χ2v) is 5.18. The van der Waals surface area contributed by atoms with Gasteiger partial charge < -0.3 is 5.11 Å². The molecule has 0 amide bonds. The number of thiophene rings is 1. The first-order chi connectivity index (χ1) is 9.58. The van der Waals surface area contributed by atoms with Crippen molar-refractivity contribution in [3.63, 3.8) is 0 Å². The Bertz CT molecular complexity index is 616. The lowest BCUT2D eigenvalue weighted by atomic mass is 9.87. The number of aliphatic hydroxyl groups is 1. The third-order valence-electron chi connectivity index (χ3n) is 2.91. The van der Waals surface area contributed by atoms with Crippen LogP contribution in [0.4, 0.5) is 26.3 Å². The highest BCUT2D eigenvalue weighted by molar-refractivity contribution is 7.10. The predicted molar refractivity (Wildman–Crippen MR) is 64.8 cm³/mol. The quantitative estimate of drug-likeness (QED) is 0.802. The highest BCUT2D eigenvalue weighted by Crippen LogP contribution is 2.49. The minimum absolute atomic E-state index is 0.514. The minimum Gasteiger partial charge on any atom is -0.372 e. The van der Waals surface area contributed by atoms with Crippen LogP contribution in [0.25, 0.3) is 0 Å². The Morgan fingerprint density at radius 2 is 1.38 bits per heavy atom. The summed E-state index contributed by atoms with van der Waals surface area (Å²) in [5, 5.41) is 11.4. The van der Waals surface area contributed by atoms with E-state index in [9.17, 15) is 31.4 Å². The topological polar surface area (TPSA) is 20.2 Å². The van der Waals surface area contributed by atoms with E-state index in [1.165, 1.54) is 11.4 Å². The highest BCUT2D eigenvalue weighted by atomic mass is 32.1. The summed E-state index contributed by atoms with van der Waals surface area (Å²) in [7, 11) is 0. The van der Waals surface area contributed by atoms with Gasteiger partial charge in [0, 0.05) is 10.4 Å². The van der Waals surface area contributed by atoms with Crippen molar-refractivity contribution >= 4 is 11.3 Å². The van der Waals surface area contributed by atoms with Gasteiger partial charge in [0.2, 0.25) is 5.60 Å². The minimum atomic E-state index is -5.29. The molecule has 0 bridgehead atoms. The Morgan fingerprint density at radius 1 is 0.810 bits per heavy atom. The number of hydrogen-bond donors (Lipinski definition) is 1. The fourth-order valence-electron chi connectivity index (χ4n) is 1.96. The molecule has 1 aromatic heterocycles. The Morgan fingerprint density at radius 3 is 1.81 bits per heavy atom. The largest absolute Gasteiger partial charge is 0.426 e. The summed E-state index contributed by atoms with van der Waals surface area (Å²) < 4.78 is 78.7. The summed E-state index contributed by atoms with van der Waals surface area (Å²) in [5.74, 6) is 0. The van der Waals surface area contributed by atoms with E-state index in [4.69, 9.17) is 0 Å². The first kappa shape index (κ1) is 15.8. The standard InChI is InChI=1S/C13H8F6OS/c14-12(15,16)9-5-2-1-4-8(9)11(20,13(17,18)19)10-6-3-7-21-10/h1-7,20H. The molecule has 1 atom stereocenters. The Hall–Kier alpha value is -1.54. The highest BCUT2D eigenvalue weighted by Gasteiger charge is 2.59. The van der Waals surface area contributed by atoms with Crippen molar-refractivity contribution < 1.29 is 31.4 Å². The third kappa shape index (κ3) is 2.65. The molecule has 1 N–H and O–H groups in total. The lowest BCUT2D eigenvalue weighted by molar-refractivity contribution is -0.249. The van der Waals surface area contributed by atoms with Crippen molar-refractivity contribution in [3.05, 3.63) is 57.8 Å². The van der Waals surface area contributed by atoms with E-state index in [0.717, 1.165) is 18.2 Å². The summed E-state index contributed by atoms with van der Waals surface area (Å²) >= 11 is 0.534. The van der Waals surface area contributed by atoms with Crippen LogP contribution in [0.1, 0.15) is 16.0 Å². The van der Waals surface area contributed by atoms with Gasteiger partial charge in [0.1, 0.15) is 0 Å². The molecule has 0 aliphatic rings. The molecule has 114 valence electrons. The van der Waals surface area contributed by atoms with Crippen molar-refractivity contribution in [3.8, 4) is 0 Å². The summed E-state index contributed by atoms with van der Waals surface area (Å²) in [4.78, 5) is -0.619. The van der Waals surface area contributed by atoms with Crippen LogP contribution in [-0.2, 0) is 11.8 Å². The fourth-order valence-corrected chi connectivity index (χ4v) is 2.81. The molecule has 8 heteroatoms. The van der Waals surface area contributed by atoms with Crippen molar-refractivity contribution in [1.82, 2.24) is 0 Å². The van der Waals surface area contributed by atoms with Crippen molar-refractivity contribution in [1.29, 1.82) is 0 Å². The van der Waals surface area contributed by atoms with Crippen LogP contribution in [0.15, 0.2) is 41.8 Å². The molecule has 0 aliphatic carbocycles. The Balaban J connectivity index is 2.77. The number of rotatable bonds is 2. The molecule has 0 radical (unpaired) electrons. The van der Waals surface area contributed by atoms with Gasteiger partial charge in [0.05, 0.1) is 5.56 Å². The predicted octanol–water partition coefficient (Wildman–Crippen LogP) is 4.57. The van der Waals surface area contributed by atoms with Crippen molar-refractivity contribution in [2.75, 3.05) is 0 Å². The zero-order valence-corrected chi connectivity index (χ0v) is 11.0. The molecule has 0 fully saturated rings. The lowest BCUT2D eigenvalue weighted by Crippen LogP contribution is -2.44. The van der Waals surface area contributed by atoms with Crippen LogP contribution in [0.3, 0.4) is 0 Å². The number of halogens is 6. The third-order valence-corrected chi connectivity index (χ3v) is 3.89. The summed E-state index contributed by atoms with van der Waals surface area (Å²) in [6, 6.07) is 5.32. The molecular formula is C13H8F6OS. The average Bonchev–Trinajstić information content (AvgIpc) is 2.89. The van der Waals surface area contributed by atoms with E-state index in [0.29, 0.717) is 23.5 Å². The molecule has 2 rings (SSSR count). The monoisotopic (exact) mass is 326 g/mol. The molecule has 1 unspecified atom stereocenters. The molecular weight excluding hydrogens is 318 g/mol. The zero-order valence-electron chi connectivity index (χ0n) is 10.2. The van der Waals surface area contributed by atoms with E-state index < -0.39 is 34.0 Å². The molecule has 0 saturated carbocycles. The lowest BCUT2D eigenvalue weighted by Gasteiger charge is -2.32. The smallest absolute Gasteiger partial charge is 0.372 e. The van der Waals surface area contributed by atoms with E-state index in [-0.39, 0.29) is 0 Å². The maximum absolute atomic E-state index is 13.3. The van der Waals surface area contributed by atoms with Gasteiger partial charge in [-0.2, -0.15) is 26.3 Å². The fraction of sp³-hybridized carbons (Fsp3) is 0.231. The van der Waals surface area contributed by atoms with E-state index in [2.05, 4.69) is 0 Å². The SMILES string of the molecule is OC(c1cccs1)(c1ccccc1C(F)(F)F)C(F)(F)F. The van der Waals surface area contributed by atoms with Gasteiger partial charge in [0.15, 0.2) is 0 Å². The van der Waals surface area contributed by atoms with Gasteiger partial charge in [-0.05, 0) is 17.5 Å². The average molecular weight is 326 g/mol. The van der Waals surface area contributed by atoms with Crippen LogP contribution in [0.5, 0.6) is 0 Å². The van der Waals surface area contributed by atoms with E-state index in [1.54, 1.807) is 0 Å². The van der Waals surface area contributed by atoms with Crippen molar-refractivity contribution in [2.24, 2.45) is 0 Å². The molecule has 1 nitrogen and oxygen atoms in total. The maximum atomic E-state index is 13.3. The Kier molecular flexibility index (Phi) is 3.79. The molecule has 0 saturated heterocycles. The second-order valence-electron chi connectivity index (χ2n) is 4.23. The normalized spacial score (nSPS) is 15.8. The molecule has 1 heterocycles. The van der Waals surface area contributed by atoms with Gasteiger partial charge >= 0.3 is 12.4 Å². The van der Waals surface area contributed by atoms with Gasteiger partial charge in [-0.25, -0.2) is 0 Å². The molecule has 1 aromatic carbocycles. The van der Waals surface area contributed by atoms with Crippen molar-refractivity contribution in [2.45, 2.75) is 18.0 Å². The summed E-state index contributed by atoms with van der Waals surface area (Å²) in [5.41, 5.74) is -6.45. The number of benzene rings is 1. The maximum Gasteiger partial charge on any atom is 0.426 e. The van der Waals surface area contributed by atoms with E-state index in [1.807, 2.05) is 0 Å². The van der Waals surface area contributed by atoms with Crippen LogP contribution < -0.4 is 0 Å². The van der Waals surface area contributed by atoms with Gasteiger partial charge in [0.25, 0.3) is 0 Å². The van der Waals surface area contributed by atoms with Crippen LogP contribution in [0.2, 0.25) is 0 Å². The first-order valence-electron chi connectivity index (χ1n) is 5.58. The molecule has 2 aromatic rings. The molecule has 21 heavy (non-hydrogen) atoms. The van der Waals surface area contributed by atoms with Crippen LogP contribution in [0, 0.1) is 0 Å². The molecule has 0 spiro atoms. The van der Waals surface area contributed by atoms with Gasteiger partial charge in [-0.1, -0.05) is 24.3 Å². The van der Waals surface area contributed by atoms with Gasteiger partial charge in [-0.3, -0.25) is 0 Å². The molecule has 0 aliphatic heterocycles. The number of hydrogen-bond acceptors (Lipinski definition) is 2. The first-order valence-corrected chi connectivity index (χ1v) is 6.46. The Labute approximate surface area is 119 Å². The van der Waals surface area contributed by atoms with Crippen LogP contribution in [-0.4, -0.2) is 11.3 Å². The zero-order chi connectivity index (χ0) is 15.9. The summed E-state index contributed by atoms with van der Waals surface area (Å²) in [6.07, 6.45) is -10.3. The van der Waals surface area contributed by atoms with E-state index >= 15 is 0 Å². The van der Waals surface area contributed by atoms with Gasteiger partial charge in [-0.15, -0.1) is 11.3 Å². The second kappa shape index (κ2) is 5.03. The number of alkyl halides is 6. The van der Waals surface area contributed by atoms with Crippen LogP contribution >= 0.6 is 11.3 Å². The summed E-state index contributed by atoms with van der Waals surface area (Å²) in [6.45, 7) is 0.